The van der Waals surface area contributed by atoms with Crippen LogP contribution in [0.5, 0.6) is 0 Å². The highest BCUT2D eigenvalue weighted by Crippen LogP contribution is 2.35. The molecule has 2 aromatic carbocycles. The van der Waals surface area contributed by atoms with Crippen LogP contribution in [0, 0.1) is 0 Å². The number of hydrogen-bond acceptors (Lipinski definition) is 3. The van der Waals surface area contributed by atoms with Crippen LogP contribution in [0.15, 0.2) is 75.9 Å². The normalized spacial score (nSPS) is 17.6. The molecule has 0 fully saturated rings. The molecule has 27 heavy (non-hydrogen) atoms. The minimum atomic E-state index is -0.564. The lowest BCUT2D eigenvalue weighted by Crippen LogP contribution is -2.07. The number of nitrogens with zero attached hydrogens (tertiary/aromatic N) is 3. The van der Waals surface area contributed by atoms with E-state index in [1.54, 1.807) is 0 Å². The Morgan fingerprint density at radius 1 is 0.704 bits per heavy atom. The summed E-state index contributed by atoms with van der Waals surface area (Å²) in [6.07, 6.45) is 8.47. The van der Waals surface area contributed by atoms with Gasteiger partial charge in [-0.25, -0.2) is 4.40 Å². The molecule has 0 saturated carbocycles. The Morgan fingerprint density at radius 3 is 1.74 bits per heavy atom. The third kappa shape index (κ3) is 5.38. The van der Waals surface area contributed by atoms with Gasteiger partial charge in [-0.1, -0.05) is 30.3 Å². The molecule has 3 rings (SSSR count). The van der Waals surface area contributed by atoms with Gasteiger partial charge in [0, 0.05) is 39.6 Å². The molecule has 1 aliphatic heterocycles. The summed E-state index contributed by atoms with van der Waals surface area (Å²) in [5.74, 6) is 0. The first kappa shape index (κ1) is 19.1. The highest BCUT2D eigenvalue weighted by molar-refractivity contribution is 8.21. The van der Waals surface area contributed by atoms with E-state index in [9.17, 15) is 0 Å². The SMILES string of the molecule is CN(C)c1ccc(C=CC2=N[SH](C=Cc3ccc(N(C)C)cc3)C=C2)cc1. The van der Waals surface area contributed by atoms with Gasteiger partial charge in [-0.2, -0.15) is 0 Å². The van der Waals surface area contributed by atoms with Crippen molar-refractivity contribution in [2.75, 3.05) is 38.0 Å². The molecule has 0 aromatic heterocycles. The van der Waals surface area contributed by atoms with Gasteiger partial charge in [0.1, 0.15) is 0 Å². The third-order valence-electron chi connectivity index (χ3n) is 4.31. The topological polar surface area (TPSA) is 18.8 Å². The van der Waals surface area contributed by atoms with E-state index < -0.39 is 11.1 Å². The van der Waals surface area contributed by atoms with E-state index in [2.05, 4.69) is 122 Å². The van der Waals surface area contributed by atoms with E-state index in [4.69, 9.17) is 4.40 Å². The number of benzene rings is 2. The summed E-state index contributed by atoms with van der Waals surface area (Å²) in [6, 6.07) is 17.1. The minimum absolute atomic E-state index is 0.564. The highest BCUT2D eigenvalue weighted by atomic mass is 32.2. The molecule has 3 nitrogen and oxygen atoms in total. The predicted molar refractivity (Wildman–Crippen MR) is 125 cm³/mol. The lowest BCUT2D eigenvalue weighted by atomic mass is 10.1. The average molecular weight is 378 g/mol. The lowest BCUT2D eigenvalue weighted by molar-refractivity contribution is 1.13. The van der Waals surface area contributed by atoms with E-state index in [0.29, 0.717) is 0 Å². The van der Waals surface area contributed by atoms with Gasteiger partial charge in [0.2, 0.25) is 0 Å². The first-order chi connectivity index (χ1) is 13.0. The first-order valence-corrected chi connectivity index (χ1v) is 10.4. The van der Waals surface area contributed by atoms with Crippen LogP contribution in [-0.2, 0) is 0 Å². The minimum Gasteiger partial charge on any atom is -0.378 e. The molecule has 1 aliphatic rings. The Labute approximate surface area is 165 Å². The fourth-order valence-corrected chi connectivity index (χ4v) is 3.90. The monoisotopic (exact) mass is 377 g/mol. The van der Waals surface area contributed by atoms with Crippen LogP contribution in [-0.4, -0.2) is 33.9 Å². The van der Waals surface area contributed by atoms with Crippen molar-refractivity contribution in [1.29, 1.82) is 0 Å². The second-order valence-electron chi connectivity index (χ2n) is 6.84. The number of thiol groups is 1. The molecule has 0 N–H and O–H groups in total. The third-order valence-corrected chi connectivity index (χ3v) is 5.69. The molecular formula is C23H27N3S. The van der Waals surface area contributed by atoms with Crippen LogP contribution in [0.1, 0.15) is 11.1 Å². The van der Waals surface area contributed by atoms with Crippen molar-refractivity contribution in [1.82, 2.24) is 0 Å². The van der Waals surface area contributed by atoms with Gasteiger partial charge in [-0.05, 0) is 64.4 Å². The Hall–Kier alpha value is -2.72. The van der Waals surface area contributed by atoms with Crippen LogP contribution < -0.4 is 9.80 Å². The van der Waals surface area contributed by atoms with Crippen molar-refractivity contribution in [2.45, 2.75) is 0 Å². The van der Waals surface area contributed by atoms with Crippen LogP contribution in [0.25, 0.3) is 12.2 Å². The van der Waals surface area contributed by atoms with Crippen molar-refractivity contribution in [3.8, 4) is 0 Å². The smallest absolute Gasteiger partial charge is 0.0703 e. The van der Waals surface area contributed by atoms with Gasteiger partial charge in [-0.15, -0.1) is 11.1 Å². The van der Waals surface area contributed by atoms with Crippen molar-refractivity contribution in [2.24, 2.45) is 4.40 Å². The number of hydrogen-bond donors (Lipinski definition) is 1. The highest BCUT2D eigenvalue weighted by Gasteiger charge is 2.02. The molecule has 0 amide bonds. The van der Waals surface area contributed by atoms with Gasteiger partial charge >= 0.3 is 0 Å². The van der Waals surface area contributed by atoms with Gasteiger partial charge < -0.3 is 9.80 Å². The zero-order chi connectivity index (χ0) is 19.2. The summed E-state index contributed by atoms with van der Waals surface area (Å²) >= 11 is -0.564. The molecule has 0 spiro atoms. The molecule has 0 bridgehead atoms. The lowest BCUT2D eigenvalue weighted by Gasteiger charge is -2.11. The maximum Gasteiger partial charge on any atom is 0.0703 e. The van der Waals surface area contributed by atoms with Crippen LogP contribution in [0.2, 0.25) is 0 Å². The van der Waals surface area contributed by atoms with E-state index in [1.165, 1.54) is 22.5 Å². The fourth-order valence-electron chi connectivity index (χ4n) is 2.64. The van der Waals surface area contributed by atoms with Gasteiger partial charge in [0.25, 0.3) is 0 Å². The van der Waals surface area contributed by atoms with Crippen LogP contribution in [0.3, 0.4) is 0 Å². The maximum absolute atomic E-state index is 4.79. The summed E-state index contributed by atoms with van der Waals surface area (Å²) in [5.41, 5.74) is 5.84. The van der Waals surface area contributed by atoms with E-state index in [0.717, 1.165) is 5.71 Å². The summed E-state index contributed by atoms with van der Waals surface area (Å²) in [5, 5.41) is 4.39. The Balaban J connectivity index is 1.60. The molecule has 2 aromatic rings. The zero-order valence-electron chi connectivity index (χ0n) is 16.4. The molecule has 0 aliphatic carbocycles. The van der Waals surface area contributed by atoms with Crippen molar-refractivity contribution in [3.05, 3.63) is 82.6 Å². The molecular weight excluding hydrogens is 350 g/mol. The summed E-state index contributed by atoms with van der Waals surface area (Å²) in [7, 11) is 8.21. The summed E-state index contributed by atoms with van der Waals surface area (Å²) < 4.78 is 4.79. The molecule has 140 valence electrons. The van der Waals surface area contributed by atoms with Gasteiger partial charge in [-0.3, -0.25) is 0 Å². The summed E-state index contributed by atoms with van der Waals surface area (Å²) in [4.78, 5) is 4.21. The van der Waals surface area contributed by atoms with Gasteiger partial charge in [0.05, 0.1) is 5.71 Å². The van der Waals surface area contributed by atoms with Crippen LogP contribution >= 0.6 is 11.1 Å². The molecule has 4 heteroatoms. The number of anilines is 2. The second kappa shape index (κ2) is 8.78. The zero-order valence-corrected chi connectivity index (χ0v) is 17.3. The molecule has 1 heterocycles. The quantitative estimate of drug-likeness (QED) is 0.681. The van der Waals surface area contributed by atoms with E-state index >= 15 is 0 Å². The first-order valence-electron chi connectivity index (χ1n) is 8.97. The largest absolute Gasteiger partial charge is 0.378 e. The predicted octanol–water partition coefficient (Wildman–Crippen LogP) is 5.39. The van der Waals surface area contributed by atoms with Crippen molar-refractivity contribution in [3.63, 3.8) is 0 Å². The molecule has 0 radical (unpaired) electrons. The Morgan fingerprint density at radius 2 is 1.22 bits per heavy atom. The Bertz CT molecular complexity index is 873. The van der Waals surface area contributed by atoms with Gasteiger partial charge in [0.15, 0.2) is 0 Å². The molecule has 0 saturated heterocycles. The molecule has 1 unspecified atom stereocenters. The Kier molecular flexibility index (Phi) is 6.20. The second-order valence-corrected chi connectivity index (χ2v) is 8.40. The van der Waals surface area contributed by atoms with Crippen molar-refractivity contribution < 1.29 is 0 Å². The number of allylic oxidation sites excluding steroid dienone is 2. The average Bonchev–Trinajstić information content (AvgIpc) is 3.13. The van der Waals surface area contributed by atoms with Crippen LogP contribution in [0.4, 0.5) is 11.4 Å². The van der Waals surface area contributed by atoms with E-state index in [-0.39, 0.29) is 0 Å². The molecule has 1 atom stereocenters. The van der Waals surface area contributed by atoms with Crippen molar-refractivity contribution >= 4 is 40.3 Å². The van der Waals surface area contributed by atoms with E-state index in [1.807, 2.05) is 0 Å². The summed E-state index contributed by atoms with van der Waals surface area (Å²) in [6.45, 7) is 0. The number of rotatable bonds is 6. The maximum atomic E-state index is 4.79. The standard InChI is InChI=1S/C23H27N3S/c1-25(2)22-11-6-19(7-12-22)5-10-21-16-18-27(24-21)17-15-20-8-13-23(14-9-20)26(3)4/h5-18,27H,1-4H3. The fraction of sp³-hybridized carbons (Fsp3) is 0.174.